The number of ether oxygens (including phenoxy) is 4. The first-order chi connectivity index (χ1) is 9.79. The van der Waals surface area contributed by atoms with Crippen LogP contribution in [0.1, 0.15) is 5.56 Å². The first kappa shape index (κ1) is 14.0. The number of benzene rings is 1. The maximum absolute atomic E-state index is 9.71. The maximum atomic E-state index is 9.71. The molecule has 2 aliphatic rings. The summed E-state index contributed by atoms with van der Waals surface area (Å²) in [6.45, 7) is 1.21. The van der Waals surface area contributed by atoms with E-state index < -0.39 is 5.60 Å². The number of rotatable bonds is 5. The highest BCUT2D eigenvalue weighted by molar-refractivity contribution is 5.14. The van der Waals surface area contributed by atoms with Crippen LogP contribution in [0.4, 0.5) is 0 Å². The Balaban J connectivity index is 1.73. The second-order valence-electron chi connectivity index (χ2n) is 5.34. The fourth-order valence-electron chi connectivity index (χ4n) is 3.00. The first-order valence-corrected chi connectivity index (χ1v) is 6.84. The summed E-state index contributed by atoms with van der Waals surface area (Å²) < 4.78 is 22.7. The van der Waals surface area contributed by atoms with E-state index in [9.17, 15) is 5.11 Å². The van der Waals surface area contributed by atoms with Gasteiger partial charge in [-0.1, -0.05) is 30.3 Å². The molecule has 3 rings (SSSR count). The molecule has 0 spiro atoms. The SMILES string of the molecule is CO[C@@H]1O[C@@]2(CO)COCC1[C@H]2OCc1ccccc1. The van der Waals surface area contributed by atoms with Gasteiger partial charge < -0.3 is 24.1 Å². The predicted octanol–water partition coefficient (Wildman–Crippen LogP) is 0.952. The van der Waals surface area contributed by atoms with Crippen LogP contribution in [0.5, 0.6) is 0 Å². The minimum absolute atomic E-state index is 0.00962. The molecule has 0 aromatic heterocycles. The van der Waals surface area contributed by atoms with Gasteiger partial charge in [0.1, 0.15) is 11.7 Å². The van der Waals surface area contributed by atoms with E-state index in [0.29, 0.717) is 19.8 Å². The van der Waals surface area contributed by atoms with Gasteiger partial charge in [0.2, 0.25) is 0 Å². The number of hydrogen-bond donors (Lipinski definition) is 1. The molecule has 0 aliphatic carbocycles. The van der Waals surface area contributed by atoms with E-state index in [4.69, 9.17) is 18.9 Å². The minimum Gasteiger partial charge on any atom is -0.393 e. The predicted molar refractivity (Wildman–Crippen MR) is 71.0 cm³/mol. The Morgan fingerprint density at radius 3 is 2.85 bits per heavy atom. The van der Waals surface area contributed by atoms with Crippen LogP contribution in [0, 0.1) is 5.92 Å². The molecular weight excluding hydrogens is 260 g/mol. The topological polar surface area (TPSA) is 57.2 Å². The second-order valence-corrected chi connectivity index (χ2v) is 5.34. The molecule has 0 radical (unpaired) electrons. The van der Waals surface area contributed by atoms with E-state index in [0.717, 1.165) is 5.56 Å². The van der Waals surface area contributed by atoms with E-state index >= 15 is 0 Å². The standard InChI is InChI=1S/C15H20O5/c1-17-14-12-8-18-10-15(9-16,20-14)13(12)19-7-11-5-3-2-4-6-11/h2-6,12-14,16H,7-10H2,1H3/t12?,13-,14-,15+/m1/s1. The Morgan fingerprint density at radius 1 is 1.35 bits per heavy atom. The van der Waals surface area contributed by atoms with Gasteiger partial charge in [0, 0.05) is 7.11 Å². The molecule has 110 valence electrons. The smallest absolute Gasteiger partial charge is 0.165 e. The van der Waals surface area contributed by atoms with Crippen molar-refractivity contribution in [3.05, 3.63) is 35.9 Å². The lowest BCUT2D eigenvalue weighted by molar-refractivity contribution is -0.199. The van der Waals surface area contributed by atoms with Crippen LogP contribution < -0.4 is 0 Å². The number of aliphatic hydroxyl groups excluding tert-OH is 1. The van der Waals surface area contributed by atoms with Gasteiger partial charge in [-0.2, -0.15) is 0 Å². The summed E-state index contributed by atoms with van der Waals surface area (Å²) in [5.41, 5.74) is 0.290. The molecule has 2 fully saturated rings. The molecule has 4 atom stereocenters. The molecule has 1 N–H and O–H groups in total. The summed E-state index contributed by atoms with van der Waals surface area (Å²) in [7, 11) is 1.60. The molecule has 0 saturated carbocycles. The van der Waals surface area contributed by atoms with Crippen LogP contribution in [-0.2, 0) is 25.6 Å². The van der Waals surface area contributed by atoms with Crippen molar-refractivity contribution in [2.24, 2.45) is 5.92 Å². The van der Waals surface area contributed by atoms with Crippen molar-refractivity contribution < 1.29 is 24.1 Å². The molecule has 5 heteroatoms. The fraction of sp³-hybridized carbons (Fsp3) is 0.600. The van der Waals surface area contributed by atoms with Crippen molar-refractivity contribution in [1.82, 2.24) is 0 Å². The third kappa shape index (κ3) is 2.36. The highest BCUT2D eigenvalue weighted by atomic mass is 16.7. The third-order valence-corrected chi connectivity index (χ3v) is 4.04. The zero-order valence-corrected chi connectivity index (χ0v) is 11.5. The van der Waals surface area contributed by atoms with E-state index in [1.807, 2.05) is 30.3 Å². The van der Waals surface area contributed by atoms with E-state index in [1.54, 1.807) is 7.11 Å². The van der Waals surface area contributed by atoms with Gasteiger partial charge in [-0.25, -0.2) is 0 Å². The largest absolute Gasteiger partial charge is 0.393 e. The van der Waals surface area contributed by atoms with E-state index in [2.05, 4.69) is 0 Å². The molecule has 2 heterocycles. The van der Waals surface area contributed by atoms with Gasteiger partial charge in [-0.05, 0) is 5.56 Å². The van der Waals surface area contributed by atoms with Crippen LogP contribution in [0.3, 0.4) is 0 Å². The summed E-state index contributed by atoms with van der Waals surface area (Å²) in [5, 5.41) is 9.71. The Hall–Kier alpha value is -0.980. The second kappa shape index (κ2) is 5.79. The van der Waals surface area contributed by atoms with Crippen molar-refractivity contribution in [1.29, 1.82) is 0 Å². The van der Waals surface area contributed by atoms with Gasteiger partial charge in [0.25, 0.3) is 0 Å². The lowest BCUT2D eigenvalue weighted by Crippen LogP contribution is -2.54. The maximum Gasteiger partial charge on any atom is 0.165 e. The lowest BCUT2D eigenvalue weighted by Gasteiger charge is -2.36. The molecule has 1 unspecified atom stereocenters. The molecular formula is C15H20O5. The Morgan fingerprint density at radius 2 is 2.15 bits per heavy atom. The van der Waals surface area contributed by atoms with Crippen LogP contribution in [0.15, 0.2) is 30.3 Å². The average Bonchev–Trinajstić information content (AvgIpc) is 2.67. The number of fused-ring (bicyclic) bond motifs is 2. The lowest BCUT2D eigenvalue weighted by atomic mass is 9.89. The molecule has 1 aromatic rings. The number of hydrogen-bond acceptors (Lipinski definition) is 5. The molecule has 2 bridgehead atoms. The van der Waals surface area contributed by atoms with Crippen molar-refractivity contribution in [3.63, 3.8) is 0 Å². The summed E-state index contributed by atoms with van der Waals surface area (Å²) in [5.74, 6) is -0.00962. The summed E-state index contributed by atoms with van der Waals surface area (Å²) >= 11 is 0. The molecule has 2 aliphatic heterocycles. The Kier molecular flexibility index (Phi) is 4.05. The zero-order valence-electron chi connectivity index (χ0n) is 11.5. The first-order valence-electron chi connectivity index (χ1n) is 6.84. The van der Waals surface area contributed by atoms with E-state index in [-0.39, 0.29) is 24.9 Å². The average molecular weight is 280 g/mol. The molecule has 20 heavy (non-hydrogen) atoms. The molecule has 1 aromatic carbocycles. The Labute approximate surface area is 118 Å². The highest BCUT2D eigenvalue weighted by Gasteiger charge is 2.59. The highest BCUT2D eigenvalue weighted by Crippen LogP contribution is 2.42. The van der Waals surface area contributed by atoms with Crippen molar-refractivity contribution in [2.75, 3.05) is 26.9 Å². The van der Waals surface area contributed by atoms with Gasteiger partial charge in [0.15, 0.2) is 6.29 Å². The molecule has 0 amide bonds. The van der Waals surface area contributed by atoms with Crippen molar-refractivity contribution in [2.45, 2.75) is 24.6 Å². The van der Waals surface area contributed by atoms with Gasteiger partial charge in [-0.15, -0.1) is 0 Å². The van der Waals surface area contributed by atoms with E-state index in [1.165, 1.54) is 0 Å². The van der Waals surface area contributed by atoms with Gasteiger partial charge in [-0.3, -0.25) is 0 Å². The van der Waals surface area contributed by atoms with Gasteiger partial charge in [0.05, 0.1) is 32.3 Å². The quantitative estimate of drug-likeness (QED) is 0.870. The zero-order chi connectivity index (χ0) is 14.0. The van der Waals surface area contributed by atoms with Crippen molar-refractivity contribution >= 4 is 0 Å². The van der Waals surface area contributed by atoms with Crippen LogP contribution >= 0.6 is 0 Å². The molecule has 2 saturated heterocycles. The van der Waals surface area contributed by atoms with Crippen LogP contribution in [0.25, 0.3) is 0 Å². The number of aliphatic hydroxyl groups is 1. The summed E-state index contributed by atoms with van der Waals surface area (Å²) in [6.07, 6.45) is -0.600. The fourth-order valence-corrected chi connectivity index (χ4v) is 3.00. The molecule has 5 nitrogen and oxygen atoms in total. The van der Waals surface area contributed by atoms with Crippen LogP contribution in [0.2, 0.25) is 0 Å². The van der Waals surface area contributed by atoms with Gasteiger partial charge >= 0.3 is 0 Å². The van der Waals surface area contributed by atoms with Crippen LogP contribution in [-0.4, -0.2) is 50.0 Å². The minimum atomic E-state index is -0.807. The number of methoxy groups -OCH3 is 1. The summed E-state index contributed by atoms with van der Waals surface area (Å²) in [6, 6.07) is 9.96. The normalized spacial score (nSPS) is 36.2. The summed E-state index contributed by atoms with van der Waals surface area (Å²) in [4.78, 5) is 0. The third-order valence-electron chi connectivity index (χ3n) is 4.04. The Bertz CT molecular complexity index is 437. The van der Waals surface area contributed by atoms with Crippen molar-refractivity contribution in [3.8, 4) is 0 Å². The monoisotopic (exact) mass is 280 g/mol.